The lowest BCUT2D eigenvalue weighted by molar-refractivity contribution is 0.102. The van der Waals surface area contributed by atoms with Crippen LogP contribution in [0.2, 0.25) is 5.02 Å². The van der Waals surface area contributed by atoms with E-state index in [2.05, 4.69) is 21.2 Å². The first-order chi connectivity index (χ1) is 8.99. The predicted octanol–water partition coefficient (Wildman–Crippen LogP) is 4.08. The Hall–Kier alpha value is -1.59. The number of halogens is 3. The number of para-hydroxylation sites is 1. The summed E-state index contributed by atoms with van der Waals surface area (Å²) in [4.78, 5) is 12.1. The topological polar surface area (TPSA) is 55.1 Å². The van der Waals surface area contributed by atoms with Gasteiger partial charge in [-0.3, -0.25) is 4.79 Å². The van der Waals surface area contributed by atoms with Crippen LogP contribution >= 0.6 is 27.5 Å². The average molecular weight is 344 g/mol. The second kappa shape index (κ2) is 5.59. The number of carbonyl (C=O) groups is 1. The molecule has 0 radical (unpaired) electrons. The van der Waals surface area contributed by atoms with E-state index >= 15 is 0 Å². The van der Waals surface area contributed by atoms with Gasteiger partial charge in [-0.1, -0.05) is 17.7 Å². The van der Waals surface area contributed by atoms with E-state index in [1.165, 1.54) is 18.2 Å². The zero-order chi connectivity index (χ0) is 14.0. The van der Waals surface area contributed by atoms with Crippen molar-refractivity contribution in [2.45, 2.75) is 0 Å². The molecule has 0 aliphatic rings. The van der Waals surface area contributed by atoms with Gasteiger partial charge in [0.15, 0.2) is 0 Å². The molecule has 2 aromatic rings. The van der Waals surface area contributed by atoms with Crippen molar-refractivity contribution < 1.29 is 9.18 Å². The standard InChI is InChI=1S/C13H9BrClFN2O/c14-9-5-4-7(16)6-11(9)18-13(19)8-2-1-3-10(15)12(8)17/h1-6H,17H2,(H,18,19). The summed E-state index contributed by atoms with van der Waals surface area (Å²) in [7, 11) is 0. The molecule has 0 fully saturated rings. The van der Waals surface area contributed by atoms with Crippen LogP contribution in [0.5, 0.6) is 0 Å². The van der Waals surface area contributed by atoms with Crippen LogP contribution in [0.4, 0.5) is 15.8 Å². The smallest absolute Gasteiger partial charge is 0.257 e. The molecule has 0 bridgehead atoms. The van der Waals surface area contributed by atoms with Crippen LogP contribution in [0.3, 0.4) is 0 Å². The maximum absolute atomic E-state index is 13.1. The molecular formula is C13H9BrClFN2O. The number of hydrogen-bond donors (Lipinski definition) is 2. The van der Waals surface area contributed by atoms with Crippen molar-refractivity contribution in [1.82, 2.24) is 0 Å². The summed E-state index contributed by atoms with van der Waals surface area (Å²) in [6, 6.07) is 8.76. The van der Waals surface area contributed by atoms with Crippen LogP contribution in [0, 0.1) is 5.82 Å². The third-order valence-electron chi connectivity index (χ3n) is 2.47. The molecule has 0 saturated heterocycles. The van der Waals surface area contributed by atoms with Crippen LogP contribution in [-0.2, 0) is 0 Å². The molecule has 1 amide bonds. The summed E-state index contributed by atoms with van der Waals surface area (Å²) in [5.41, 5.74) is 6.48. The van der Waals surface area contributed by atoms with Crippen LogP contribution in [-0.4, -0.2) is 5.91 Å². The number of carbonyl (C=O) groups excluding carboxylic acids is 1. The van der Waals surface area contributed by atoms with Crippen molar-refractivity contribution in [2.24, 2.45) is 0 Å². The zero-order valence-corrected chi connectivity index (χ0v) is 11.9. The monoisotopic (exact) mass is 342 g/mol. The largest absolute Gasteiger partial charge is 0.397 e. The normalized spacial score (nSPS) is 10.3. The minimum atomic E-state index is -0.452. The number of rotatable bonds is 2. The molecule has 2 rings (SSSR count). The Kier molecular flexibility index (Phi) is 4.07. The van der Waals surface area contributed by atoms with Gasteiger partial charge in [0.2, 0.25) is 0 Å². The van der Waals surface area contributed by atoms with Crippen molar-refractivity contribution in [3.05, 3.63) is 57.3 Å². The summed E-state index contributed by atoms with van der Waals surface area (Å²) >= 11 is 9.07. The fourth-order valence-corrected chi connectivity index (χ4v) is 2.04. The Balaban J connectivity index is 2.31. The predicted molar refractivity (Wildman–Crippen MR) is 77.9 cm³/mol. The summed E-state index contributed by atoms with van der Waals surface area (Å²) in [6.07, 6.45) is 0. The van der Waals surface area contributed by atoms with E-state index in [-0.39, 0.29) is 11.3 Å². The van der Waals surface area contributed by atoms with E-state index in [9.17, 15) is 9.18 Å². The SMILES string of the molecule is Nc1c(Cl)cccc1C(=O)Nc1cc(F)ccc1Br. The van der Waals surface area contributed by atoms with E-state index < -0.39 is 11.7 Å². The van der Waals surface area contributed by atoms with Gasteiger partial charge < -0.3 is 11.1 Å². The highest BCUT2D eigenvalue weighted by atomic mass is 79.9. The number of benzene rings is 2. The molecule has 0 aliphatic heterocycles. The first kappa shape index (κ1) is 13.8. The van der Waals surface area contributed by atoms with E-state index in [1.54, 1.807) is 18.2 Å². The Labute approximate surface area is 122 Å². The highest BCUT2D eigenvalue weighted by molar-refractivity contribution is 9.10. The molecule has 0 unspecified atom stereocenters. The van der Waals surface area contributed by atoms with Gasteiger partial charge in [0, 0.05) is 4.47 Å². The molecule has 0 atom stereocenters. The van der Waals surface area contributed by atoms with Gasteiger partial charge in [-0.15, -0.1) is 0 Å². The highest BCUT2D eigenvalue weighted by Gasteiger charge is 2.13. The minimum absolute atomic E-state index is 0.189. The maximum Gasteiger partial charge on any atom is 0.257 e. The quantitative estimate of drug-likeness (QED) is 0.807. The molecule has 0 spiro atoms. The number of nitrogens with two attached hydrogens (primary N) is 1. The Morgan fingerprint density at radius 3 is 2.79 bits per heavy atom. The number of nitrogens with one attached hydrogen (secondary N) is 1. The van der Waals surface area contributed by atoms with Crippen molar-refractivity contribution >= 4 is 44.8 Å². The molecule has 2 aromatic carbocycles. The average Bonchev–Trinajstić information content (AvgIpc) is 2.37. The molecule has 0 aliphatic carbocycles. The fraction of sp³-hybridized carbons (Fsp3) is 0. The van der Waals surface area contributed by atoms with Crippen LogP contribution < -0.4 is 11.1 Å². The second-order valence-electron chi connectivity index (χ2n) is 3.78. The summed E-state index contributed by atoms with van der Waals surface area (Å²) in [6.45, 7) is 0. The molecule has 0 heterocycles. The van der Waals surface area contributed by atoms with E-state index in [4.69, 9.17) is 17.3 Å². The van der Waals surface area contributed by atoms with Gasteiger partial charge in [-0.2, -0.15) is 0 Å². The second-order valence-corrected chi connectivity index (χ2v) is 5.04. The van der Waals surface area contributed by atoms with Crippen molar-refractivity contribution in [3.8, 4) is 0 Å². The zero-order valence-electron chi connectivity index (χ0n) is 9.58. The van der Waals surface area contributed by atoms with Gasteiger partial charge in [0.1, 0.15) is 5.82 Å². The molecule has 98 valence electrons. The van der Waals surface area contributed by atoms with Crippen molar-refractivity contribution in [1.29, 1.82) is 0 Å². The fourth-order valence-electron chi connectivity index (χ4n) is 1.52. The molecule has 0 aromatic heterocycles. The lowest BCUT2D eigenvalue weighted by atomic mass is 10.1. The highest BCUT2D eigenvalue weighted by Crippen LogP contribution is 2.26. The third kappa shape index (κ3) is 3.05. The maximum atomic E-state index is 13.1. The van der Waals surface area contributed by atoms with E-state index in [1.807, 2.05) is 0 Å². The van der Waals surface area contributed by atoms with Gasteiger partial charge in [-0.25, -0.2) is 4.39 Å². The van der Waals surface area contributed by atoms with E-state index in [0.29, 0.717) is 15.2 Å². The van der Waals surface area contributed by atoms with Crippen LogP contribution in [0.1, 0.15) is 10.4 Å². The minimum Gasteiger partial charge on any atom is -0.397 e. The lowest BCUT2D eigenvalue weighted by Crippen LogP contribution is -2.14. The molecule has 19 heavy (non-hydrogen) atoms. The number of amides is 1. The van der Waals surface area contributed by atoms with E-state index in [0.717, 1.165) is 0 Å². The Bertz CT molecular complexity index is 649. The number of hydrogen-bond acceptors (Lipinski definition) is 2. The lowest BCUT2D eigenvalue weighted by Gasteiger charge is -2.10. The molecule has 3 N–H and O–H groups in total. The van der Waals surface area contributed by atoms with Crippen molar-refractivity contribution in [2.75, 3.05) is 11.1 Å². The molecule has 6 heteroatoms. The van der Waals surface area contributed by atoms with Crippen molar-refractivity contribution in [3.63, 3.8) is 0 Å². The van der Waals surface area contributed by atoms with Crippen LogP contribution in [0.15, 0.2) is 40.9 Å². The van der Waals surface area contributed by atoms with Gasteiger partial charge in [0.25, 0.3) is 5.91 Å². The van der Waals surface area contributed by atoms with Crippen LogP contribution in [0.25, 0.3) is 0 Å². The summed E-state index contributed by atoms with van der Waals surface area (Å²) < 4.78 is 13.7. The first-order valence-electron chi connectivity index (χ1n) is 5.29. The third-order valence-corrected chi connectivity index (χ3v) is 3.50. The Morgan fingerprint density at radius 2 is 2.05 bits per heavy atom. The van der Waals surface area contributed by atoms with Gasteiger partial charge >= 0.3 is 0 Å². The number of anilines is 2. The number of nitrogen functional groups attached to an aromatic ring is 1. The Morgan fingerprint density at radius 1 is 1.32 bits per heavy atom. The molecular weight excluding hydrogens is 335 g/mol. The first-order valence-corrected chi connectivity index (χ1v) is 6.46. The van der Waals surface area contributed by atoms with Gasteiger partial charge in [0.05, 0.1) is 22.0 Å². The molecule has 3 nitrogen and oxygen atoms in total. The van der Waals surface area contributed by atoms with Gasteiger partial charge in [-0.05, 0) is 46.3 Å². The summed E-state index contributed by atoms with van der Waals surface area (Å²) in [5, 5.41) is 2.87. The summed E-state index contributed by atoms with van der Waals surface area (Å²) in [5.74, 6) is -0.899. The molecule has 0 saturated carbocycles.